The van der Waals surface area contributed by atoms with E-state index >= 15 is 0 Å². The second-order valence-electron chi connectivity index (χ2n) is 5.19. The lowest BCUT2D eigenvalue weighted by atomic mass is 9.86. The van der Waals surface area contributed by atoms with Gasteiger partial charge in [0.25, 0.3) is 0 Å². The Morgan fingerprint density at radius 2 is 2.10 bits per heavy atom. The van der Waals surface area contributed by atoms with Gasteiger partial charge in [-0.15, -0.1) is 0 Å². The molecule has 0 radical (unpaired) electrons. The first kappa shape index (κ1) is 15.9. The molecule has 1 aromatic carbocycles. The number of halogens is 1. The molecule has 4 nitrogen and oxygen atoms in total. The number of hydrogen-bond acceptors (Lipinski definition) is 3. The Hall–Kier alpha value is -0.430. The zero-order valence-corrected chi connectivity index (χ0v) is 14.1. The molecule has 1 fully saturated rings. The van der Waals surface area contributed by atoms with Crippen LogP contribution in [0.1, 0.15) is 31.7 Å². The zero-order valence-electron chi connectivity index (χ0n) is 11.7. The van der Waals surface area contributed by atoms with E-state index < -0.39 is 10.0 Å². The summed E-state index contributed by atoms with van der Waals surface area (Å²) in [6.07, 6.45) is 3.47. The Bertz CT molecular complexity index is 556. The van der Waals surface area contributed by atoms with E-state index in [-0.39, 0.29) is 0 Å². The number of rotatable bonds is 7. The summed E-state index contributed by atoms with van der Waals surface area (Å²) < 4.78 is 28.1. The molecular weight excluding hydrogens is 340 g/mol. The second kappa shape index (κ2) is 7.02. The van der Waals surface area contributed by atoms with Crippen LogP contribution >= 0.6 is 15.9 Å². The number of hydrogen-bond donors (Lipinski definition) is 2. The van der Waals surface area contributed by atoms with Crippen LogP contribution in [0.2, 0.25) is 0 Å². The van der Waals surface area contributed by atoms with E-state index in [1.165, 1.54) is 6.42 Å². The highest BCUT2D eigenvalue weighted by molar-refractivity contribution is 9.10. The van der Waals surface area contributed by atoms with Crippen molar-refractivity contribution in [2.24, 2.45) is 5.92 Å². The second-order valence-corrected chi connectivity index (χ2v) is 7.78. The third-order valence-electron chi connectivity index (χ3n) is 3.65. The highest BCUT2D eigenvalue weighted by atomic mass is 79.9. The van der Waals surface area contributed by atoms with Crippen LogP contribution in [0.15, 0.2) is 27.6 Å². The Morgan fingerprint density at radius 3 is 2.70 bits per heavy atom. The van der Waals surface area contributed by atoms with Crippen molar-refractivity contribution in [3.63, 3.8) is 0 Å². The van der Waals surface area contributed by atoms with E-state index in [9.17, 15) is 8.42 Å². The van der Waals surface area contributed by atoms with Gasteiger partial charge in [0.2, 0.25) is 10.0 Å². The molecule has 0 aliphatic heterocycles. The molecule has 1 aromatic rings. The highest BCUT2D eigenvalue weighted by Gasteiger charge is 2.23. The maximum absolute atomic E-state index is 12.4. The molecular formula is C14H21BrN2O2S. The first-order valence-electron chi connectivity index (χ1n) is 7.01. The Labute approximate surface area is 129 Å². The molecule has 2 N–H and O–H groups in total. The average Bonchev–Trinajstić information content (AvgIpc) is 2.35. The fourth-order valence-electron chi connectivity index (χ4n) is 2.14. The van der Waals surface area contributed by atoms with Gasteiger partial charge in [-0.1, -0.05) is 19.4 Å². The Kier molecular flexibility index (Phi) is 5.60. The molecule has 0 saturated heterocycles. The van der Waals surface area contributed by atoms with Crippen LogP contribution in [-0.4, -0.2) is 21.5 Å². The minimum Gasteiger partial charge on any atom is -0.313 e. The molecule has 0 bridgehead atoms. The molecule has 0 amide bonds. The molecule has 112 valence electrons. The molecule has 1 aliphatic carbocycles. The molecule has 0 atom stereocenters. The van der Waals surface area contributed by atoms with Crippen molar-refractivity contribution in [2.45, 2.75) is 37.6 Å². The van der Waals surface area contributed by atoms with Gasteiger partial charge in [-0.3, -0.25) is 0 Å². The lowest BCUT2D eigenvalue weighted by Gasteiger charge is -2.25. The summed E-state index contributed by atoms with van der Waals surface area (Å²) in [5.74, 6) is 0.508. The molecule has 6 heteroatoms. The first-order chi connectivity index (χ1) is 9.53. The fraction of sp³-hybridized carbons (Fsp3) is 0.571. The summed E-state index contributed by atoms with van der Waals surface area (Å²) in [4.78, 5) is 0.326. The largest absolute Gasteiger partial charge is 0.313 e. The molecule has 0 spiro atoms. The molecule has 0 heterocycles. The topological polar surface area (TPSA) is 58.2 Å². The van der Waals surface area contributed by atoms with Gasteiger partial charge in [-0.2, -0.15) is 0 Å². The summed E-state index contributed by atoms with van der Waals surface area (Å²) in [5, 5.41) is 3.20. The fourth-order valence-corrected chi connectivity index (χ4v) is 4.26. The average molecular weight is 361 g/mol. The third-order valence-corrected chi connectivity index (χ3v) is 6.07. The molecule has 2 rings (SSSR count). The number of nitrogens with one attached hydrogen (secondary N) is 2. The van der Waals surface area contributed by atoms with Crippen molar-refractivity contribution < 1.29 is 8.42 Å². The molecule has 0 unspecified atom stereocenters. The van der Waals surface area contributed by atoms with Gasteiger partial charge in [0.05, 0.1) is 4.90 Å². The van der Waals surface area contributed by atoms with Crippen LogP contribution in [0.5, 0.6) is 0 Å². The third kappa shape index (κ3) is 4.04. The van der Waals surface area contributed by atoms with Crippen LogP contribution in [-0.2, 0) is 16.6 Å². The number of benzene rings is 1. The van der Waals surface area contributed by atoms with Crippen LogP contribution in [0.25, 0.3) is 0 Å². The Balaban J connectivity index is 2.11. The van der Waals surface area contributed by atoms with Crippen molar-refractivity contribution in [1.82, 2.24) is 10.0 Å². The van der Waals surface area contributed by atoms with Crippen LogP contribution in [0.4, 0.5) is 0 Å². The van der Waals surface area contributed by atoms with Crippen molar-refractivity contribution in [1.29, 1.82) is 0 Å². The van der Waals surface area contributed by atoms with Gasteiger partial charge in [0, 0.05) is 17.6 Å². The summed E-state index contributed by atoms with van der Waals surface area (Å²) in [7, 11) is -3.43. The summed E-state index contributed by atoms with van der Waals surface area (Å²) in [6.45, 7) is 4.11. The highest BCUT2D eigenvalue weighted by Crippen LogP contribution is 2.27. The van der Waals surface area contributed by atoms with Crippen molar-refractivity contribution in [3.05, 3.63) is 28.2 Å². The smallest absolute Gasteiger partial charge is 0.241 e. The van der Waals surface area contributed by atoms with Crippen LogP contribution < -0.4 is 10.0 Å². The van der Waals surface area contributed by atoms with Gasteiger partial charge >= 0.3 is 0 Å². The van der Waals surface area contributed by atoms with E-state index in [4.69, 9.17) is 0 Å². The van der Waals surface area contributed by atoms with E-state index in [1.54, 1.807) is 12.1 Å². The van der Waals surface area contributed by atoms with Gasteiger partial charge < -0.3 is 5.32 Å². The zero-order chi connectivity index (χ0) is 14.6. The quantitative estimate of drug-likeness (QED) is 0.785. The lowest BCUT2D eigenvalue weighted by molar-refractivity contribution is 0.316. The van der Waals surface area contributed by atoms with Crippen LogP contribution in [0, 0.1) is 5.92 Å². The summed E-state index contributed by atoms with van der Waals surface area (Å²) >= 11 is 3.33. The van der Waals surface area contributed by atoms with Gasteiger partial charge in [-0.05, 0) is 58.9 Å². The maximum Gasteiger partial charge on any atom is 0.241 e. The standard InChI is InChI=1S/C14H21BrN2O2S/c1-2-16-9-12-6-7-13(15)14(8-12)20(18,19)17-10-11-4-3-5-11/h6-8,11,16-17H,2-5,9-10H2,1H3. The van der Waals surface area contributed by atoms with E-state index in [1.807, 2.05) is 13.0 Å². The SMILES string of the molecule is CCNCc1ccc(Br)c(S(=O)(=O)NCC2CCC2)c1. The van der Waals surface area contributed by atoms with E-state index in [0.717, 1.165) is 24.9 Å². The molecule has 0 aromatic heterocycles. The molecule has 20 heavy (non-hydrogen) atoms. The van der Waals surface area contributed by atoms with E-state index in [2.05, 4.69) is 26.0 Å². The minimum atomic E-state index is -3.43. The van der Waals surface area contributed by atoms with E-state index in [0.29, 0.717) is 28.4 Å². The maximum atomic E-state index is 12.4. The Morgan fingerprint density at radius 1 is 1.35 bits per heavy atom. The molecule has 1 aliphatic rings. The summed E-state index contributed by atoms with van der Waals surface area (Å²) in [5.41, 5.74) is 0.971. The van der Waals surface area contributed by atoms with Gasteiger partial charge in [0.15, 0.2) is 0 Å². The molecule has 1 saturated carbocycles. The van der Waals surface area contributed by atoms with Crippen LogP contribution in [0.3, 0.4) is 0 Å². The predicted octanol–water partition coefficient (Wildman–Crippen LogP) is 2.64. The van der Waals surface area contributed by atoms with Gasteiger partial charge in [0.1, 0.15) is 0 Å². The number of sulfonamides is 1. The predicted molar refractivity (Wildman–Crippen MR) is 84.1 cm³/mol. The van der Waals surface area contributed by atoms with Crippen molar-refractivity contribution in [3.8, 4) is 0 Å². The first-order valence-corrected chi connectivity index (χ1v) is 9.29. The lowest BCUT2D eigenvalue weighted by Crippen LogP contribution is -2.32. The van der Waals surface area contributed by atoms with Crippen molar-refractivity contribution in [2.75, 3.05) is 13.1 Å². The van der Waals surface area contributed by atoms with Gasteiger partial charge in [-0.25, -0.2) is 13.1 Å². The normalized spacial score (nSPS) is 16.1. The summed E-state index contributed by atoms with van der Waals surface area (Å²) in [6, 6.07) is 5.46. The van der Waals surface area contributed by atoms with Crippen molar-refractivity contribution >= 4 is 26.0 Å². The monoisotopic (exact) mass is 360 g/mol. The minimum absolute atomic E-state index is 0.326.